The summed E-state index contributed by atoms with van der Waals surface area (Å²) in [7, 11) is 0. The van der Waals surface area contributed by atoms with Crippen molar-refractivity contribution in [3.63, 3.8) is 0 Å². The predicted octanol–water partition coefficient (Wildman–Crippen LogP) is 3.38. The zero-order chi connectivity index (χ0) is 20.6. The Labute approximate surface area is 174 Å². The molecule has 3 rings (SSSR count). The van der Waals surface area contributed by atoms with Gasteiger partial charge in [0.15, 0.2) is 5.82 Å². The SMILES string of the molecule is CCC(CC)CN1CCc2nnc(C(C)NC(=O)CCc3ccccc3)n2CC1. The van der Waals surface area contributed by atoms with Gasteiger partial charge in [-0.1, -0.05) is 57.0 Å². The van der Waals surface area contributed by atoms with Gasteiger partial charge in [-0.05, 0) is 24.8 Å². The molecule has 1 atom stereocenters. The summed E-state index contributed by atoms with van der Waals surface area (Å²) in [5.74, 6) is 2.73. The Balaban J connectivity index is 1.55. The number of nitrogens with zero attached hydrogens (tertiary/aromatic N) is 4. The summed E-state index contributed by atoms with van der Waals surface area (Å²) in [5, 5.41) is 11.9. The van der Waals surface area contributed by atoms with E-state index in [1.54, 1.807) is 0 Å². The highest BCUT2D eigenvalue weighted by molar-refractivity contribution is 5.76. The summed E-state index contributed by atoms with van der Waals surface area (Å²) in [4.78, 5) is 15.0. The van der Waals surface area contributed by atoms with Crippen LogP contribution >= 0.6 is 0 Å². The largest absolute Gasteiger partial charge is 0.346 e. The van der Waals surface area contributed by atoms with Gasteiger partial charge in [0.2, 0.25) is 5.91 Å². The van der Waals surface area contributed by atoms with Gasteiger partial charge in [-0.2, -0.15) is 0 Å². The summed E-state index contributed by atoms with van der Waals surface area (Å²) in [6.45, 7) is 10.7. The van der Waals surface area contributed by atoms with Crippen molar-refractivity contribution in [3.8, 4) is 0 Å². The number of hydrogen-bond donors (Lipinski definition) is 1. The zero-order valence-electron chi connectivity index (χ0n) is 18.1. The van der Waals surface area contributed by atoms with Crippen molar-refractivity contribution in [2.75, 3.05) is 19.6 Å². The minimum atomic E-state index is -0.134. The van der Waals surface area contributed by atoms with Crippen molar-refractivity contribution >= 4 is 5.91 Å². The van der Waals surface area contributed by atoms with Crippen LogP contribution in [0.5, 0.6) is 0 Å². The number of aryl methyl sites for hydroxylation is 1. The molecule has 0 saturated heterocycles. The van der Waals surface area contributed by atoms with Crippen LogP contribution in [0.15, 0.2) is 30.3 Å². The molecule has 0 aliphatic carbocycles. The topological polar surface area (TPSA) is 63.1 Å². The Morgan fingerprint density at radius 2 is 1.86 bits per heavy atom. The van der Waals surface area contributed by atoms with E-state index in [4.69, 9.17) is 0 Å². The molecule has 0 bridgehead atoms. The van der Waals surface area contributed by atoms with Crippen LogP contribution in [0.25, 0.3) is 0 Å². The number of aromatic nitrogens is 3. The fourth-order valence-electron chi connectivity index (χ4n) is 4.08. The second-order valence-electron chi connectivity index (χ2n) is 8.13. The summed E-state index contributed by atoms with van der Waals surface area (Å²) >= 11 is 0. The lowest BCUT2D eigenvalue weighted by Crippen LogP contribution is -2.33. The normalized spacial score (nSPS) is 15.7. The van der Waals surface area contributed by atoms with Gasteiger partial charge in [-0.25, -0.2) is 0 Å². The van der Waals surface area contributed by atoms with Crippen LogP contribution in [0.1, 0.15) is 63.3 Å². The summed E-state index contributed by atoms with van der Waals surface area (Å²) in [6.07, 6.45) is 4.62. The van der Waals surface area contributed by atoms with Gasteiger partial charge in [0.1, 0.15) is 5.82 Å². The molecule has 1 aliphatic rings. The highest BCUT2D eigenvalue weighted by Gasteiger charge is 2.23. The average molecular weight is 398 g/mol. The minimum Gasteiger partial charge on any atom is -0.346 e. The minimum absolute atomic E-state index is 0.0580. The number of rotatable bonds is 9. The number of benzene rings is 1. The molecule has 1 unspecified atom stereocenters. The van der Waals surface area contributed by atoms with E-state index in [0.29, 0.717) is 6.42 Å². The van der Waals surface area contributed by atoms with Crippen molar-refractivity contribution in [3.05, 3.63) is 47.5 Å². The first-order chi connectivity index (χ1) is 14.1. The Bertz CT molecular complexity index is 769. The van der Waals surface area contributed by atoms with Crippen molar-refractivity contribution < 1.29 is 4.79 Å². The van der Waals surface area contributed by atoms with Crippen molar-refractivity contribution in [1.82, 2.24) is 25.0 Å². The zero-order valence-corrected chi connectivity index (χ0v) is 18.1. The number of hydrogen-bond acceptors (Lipinski definition) is 4. The van der Waals surface area contributed by atoms with E-state index in [1.165, 1.54) is 18.4 Å². The molecule has 0 spiro atoms. The van der Waals surface area contributed by atoms with Crippen LogP contribution in [0.3, 0.4) is 0 Å². The summed E-state index contributed by atoms with van der Waals surface area (Å²) in [6, 6.07) is 9.99. The molecule has 1 aliphatic heterocycles. The van der Waals surface area contributed by atoms with Crippen LogP contribution in [-0.4, -0.2) is 45.2 Å². The Hall–Kier alpha value is -2.21. The third-order valence-corrected chi connectivity index (χ3v) is 6.07. The second-order valence-corrected chi connectivity index (χ2v) is 8.13. The van der Waals surface area contributed by atoms with Crippen LogP contribution in [-0.2, 0) is 24.2 Å². The number of fused-ring (bicyclic) bond motifs is 1. The lowest BCUT2D eigenvalue weighted by molar-refractivity contribution is -0.121. The predicted molar refractivity (Wildman–Crippen MR) is 116 cm³/mol. The smallest absolute Gasteiger partial charge is 0.220 e. The monoisotopic (exact) mass is 397 g/mol. The maximum absolute atomic E-state index is 12.4. The van der Waals surface area contributed by atoms with Gasteiger partial charge in [0.25, 0.3) is 0 Å². The van der Waals surface area contributed by atoms with Gasteiger partial charge in [0, 0.05) is 39.0 Å². The lowest BCUT2D eigenvalue weighted by Gasteiger charge is -2.24. The Morgan fingerprint density at radius 1 is 1.10 bits per heavy atom. The average Bonchev–Trinajstić information content (AvgIpc) is 3.05. The molecule has 2 heterocycles. The van der Waals surface area contributed by atoms with Crippen molar-refractivity contribution in [2.24, 2.45) is 5.92 Å². The first-order valence-electron chi connectivity index (χ1n) is 11.1. The molecule has 6 nitrogen and oxygen atoms in total. The first kappa shape index (κ1) is 21.5. The van der Waals surface area contributed by atoms with Crippen LogP contribution < -0.4 is 5.32 Å². The molecule has 0 saturated carbocycles. The van der Waals surface area contributed by atoms with E-state index in [9.17, 15) is 4.79 Å². The molecule has 1 N–H and O–H groups in total. The highest BCUT2D eigenvalue weighted by atomic mass is 16.1. The standard InChI is InChI=1S/C23H35N5O/c1-4-19(5-2)17-27-14-13-21-25-26-23(28(21)16-15-27)18(3)24-22(29)12-11-20-9-7-6-8-10-20/h6-10,18-19H,4-5,11-17H2,1-3H3,(H,24,29). The molecule has 2 aromatic rings. The maximum atomic E-state index is 12.4. The van der Waals surface area contributed by atoms with Gasteiger partial charge in [-0.15, -0.1) is 10.2 Å². The molecule has 158 valence electrons. The maximum Gasteiger partial charge on any atom is 0.220 e. The molecule has 0 radical (unpaired) electrons. The molecule has 0 fully saturated rings. The quantitative estimate of drug-likeness (QED) is 0.705. The molecular weight excluding hydrogens is 362 g/mol. The molecular formula is C23H35N5O. The summed E-state index contributed by atoms with van der Waals surface area (Å²) < 4.78 is 2.22. The van der Waals surface area contributed by atoms with E-state index in [1.807, 2.05) is 25.1 Å². The molecule has 1 aromatic heterocycles. The highest BCUT2D eigenvalue weighted by Crippen LogP contribution is 2.18. The number of carbonyl (C=O) groups excluding carboxylic acids is 1. The fourth-order valence-corrected chi connectivity index (χ4v) is 4.08. The molecule has 6 heteroatoms. The third kappa shape index (κ3) is 5.89. The van der Waals surface area contributed by atoms with Gasteiger partial charge in [0.05, 0.1) is 6.04 Å². The van der Waals surface area contributed by atoms with Gasteiger partial charge < -0.3 is 14.8 Å². The van der Waals surface area contributed by atoms with E-state index < -0.39 is 0 Å². The Morgan fingerprint density at radius 3 is 2.59 bits per heavy atom. The van der Waals surface area contributed by atoms with E-state index in [-0.39, 0.29) is 11.9 Å². The number of amides is 1. The summed E-state index contributed by atoms with van der Waals surface area (Å²) in [5.41, 5.74) is 1.18. The lowest BCUT2D eigenvalue weighted by atomic mass is 10.0. The van der Waals surface area contributed by atoms with Crippen LogP contribution in [0.2, 0.25) is 0 Å². The van der Waals surface area contributed by atoms with Crippen molar-refractivity contribution in [1.29, 1.82) is 0 Å². The molecule has 29 heavy (non-hydrogen) atoms. The van der Waals surface area contributed by atoms with Crippen molar-refractivity contribution in [2.45, 2.75) is 65.5 Å². The Kier molecular flexibility index (Phi) is 7.81. The third-order valence-electron chi connectivity index (χ3n) is 6.07. The number of nitrogens with one attached hydrogen (secondary N) is 1. The van der Waals surface area contributed by atoms with E-state index in [0.717, 1.165) is 56.6 Å². The number of carbonyl (C=O) groups is 1. The van der Waals surface area contributed by atoms with Crippen LogP contribution in [0.4, 0.5) is 0 Å². The van der Waals surface area contributed by atoms with Gasteiger partial charge >= 0.3 is 0 Å². The molecule has 1 amide bonds. The fraction of sp³-hybridized carbons (Fsp3) is 0.609. The van der Waals surface area contributed by atoms with Gasteiger partial charge in [-0.3, -0.25) is 4.79 Å². The van der Waals surface area contributed by atoms with E-state index in [2.05, 4.69) is 51.0 Å². The first-order valence-corrected chi connectivity index (χ1v) is 11.1. The molecule has 1 aromatic carbocycles. The van der Waals surface area contributed by atoms with E-state index >= 15 is 0 Å². The second kappa shape index (κ2) is 10.5. The van der Waals surface area contributed by atoms with Crippen LogP contribution in [0, 0.1) is 5.92 Å².